The molecule has 0 atom stereocenters. The highest BCUT2D eigenvalue weighted by molar-refractivity contribution is 5.82. The van der Waals surface area contributed by atoms with Gasteiger partial charge >= 0.3 is 0 Å². The average Bonchev–Trinajstić information content (AvgIpc) is 3.01. The van der Waals surface area contributed by atoms with Gasteiger partial charge in [0.2, 0.25) is 5.91 Å². The third kappa shape index (κ3) is 3.79. The lowest BCUT2D eigenvalue weighted by Crippen LogP contribution is -2.33. The molecule has 1 aromatic carbocycles. The Balaban J connectivity index is 1.49. The van der Waals surface area contributed by atoms with Crippen LogP contribution >= 0.6 is 0 Å². The molecule has 4 aromatic rings. The van der Waals surface area contributed by atoms with Crippen molar-refractivity contribution < 1.29 is 9.18 Å². The number of aromatic nitrogens is 4. The normalized spacial score (nSPS) is 14.6. The summed E-state index contributed by atoms with van der Waals surface area (Å²) < 4.78 is 15.5. The highest BCUT2D eigenvalue weighted by Gasteiger charge is 2.19. The zero-order valence-corrected chi connectivity index (χ0v) is 17.8. The van der Waals surface area contributed by atoms with Crippen molar-refractivity contribution in [2.24, 2.45) is 0 Å². The molecule has 32 heavy (non-hydrogen) atoms. The van der Waals surface area contributed by atoms with Crippen molar-refractivity contribution >= 4 is 22.8 Å². The molecule has 162 valence electrons. The van der Waals surface area contributed by atoms with Gasteiger partial charge in [0.1, 0.15) is 17.5 Å². The fraction of sp³-hybridized carbons (Fsp3) is 0.250. The number of anilines is 1. The summed E-state index contributed by atoms with van der Waals surface area (Å²) in [6, 6.07) is 12.2. The van der Waals surface area contributed by atoms with Crippen LogP contribution in [0.2, 0.25) is 0 Å². The van der Waals surface area contributed by atoms with Gasteiger partial charge in [-0.3, -0.25) is 14.3 Å². The molecule has 1 aliphatic rings. The predicted octanol–water partition coefficient (Wildman–Crippen LogP) is 3.68. The van der Waals surface area contributed by atoms with Crippen molar-refractivity contribution in [3.8, 4) is 17.1 Å². The highest BCUT2D eigenvalue weighted by atomic mass is 19.1. The second-order valence-electron chi connectivity index (χ2n) is 7.86. The van der Waals surface area contributed by atoms with Crippen molar-refractivity contribution in [1.29, 1.82) is 0 Å². The molecule has 1 fully saturated rings. The monoisotopic (exact) mass is 430 g/mol. The second kappa shape index (κ2) is 8.37. The lowest BCUT2D eigenvalue weighted by molar-refractivity contribution is -0.128. The van der Waals surface area contributed by atoms with E-state index in [9.17, 15) is 9.18 Å². The van der Waals surface area contributed by atoms with Crippen LogP contribution in [-0.4, -0.2) is 56.5 Å². The van der Waals surface area contributed by atoms with Crippen LogP contribution in [0, 0.1) is 5.82 Å². The van der Waals surface area contributed by atoms with Gasteiger partial charge in [0.05, 0.1) is 17.2 Å². The summed E-state index contributed by atoms with van der Waals surface area (Å²) in [6.07, 6.45) is 6.20. The molecule has 0 saturated carbocycles. The van der Waals surface area contributed by atoms with E-state index in [0.29, 0.717) is 6.54 Å². The van der Waals surface area contributed by atoms with Gasteiger partial charge in [-0.2, -0.15) is 0 Å². The summed E-state index contributed by atoms with van der Waals surface area (Å²) in [5, 5.41) is 0. The van der Waals surface area contributed by atoms with Crippen LogP contribution in [-0.2, 0) is 4.79 Å². The Morgan fingerprint density at radius 2 is 1.81 bits per heavy atom. The first-order valence-electron chi connectivity index (χ1n) is 10.7. The Morgan fingerprint density at radius 1 is 0.969 bits per heavy atom. The van der Waals surface area contributed by atoms with Crippen LogP contribution in [0.3, 0.4) is 0 Å². The number of pyridine rings is 2. The summed E-state index contributed by atoms with van der Waals surface area (Å²) in [4.78, 5) is 29.5. The van der Waals surface area contributed by atoms with Crippen LogP contribution in [0.5, 0.6) is 0 Å². The van der Waals surface area contributed by atoms with Crippen molar-refractivity contribution in [3.05, 3.63) is 66.9 Å². The molecule has 4 heterocycles. The van der Waals surface area contributed by atoms with Crippen LogP contribution in [0.1, 0.15) is 13.3 Å². The molecular weight excluding hydrogens is 407 g/mol. The van der Waals surface area contributed by atoms with E-state index in [1.807, 2.05) is 33.9 Å². The lowest BCUT2D eigenvalue weighted by atomic mass is 10.2. The Bertz CT molecular complexity index is 1250. The number of carbonyl (C=O) groups is 1. The molecule has 7 nitrogen and oxygen atoms in total. The van der Waals surface area contributed by atoms with Crippen molar-refractivity contribution in [2.45, 2.75) is 13.3 Å². The Labute approximate surface area is 185 Å². The van der Waals surface area contributed by atoms with Crippen LogP contribution in [0.4, 0.5) is 10.2 Å². The number of benzene rings is 1. The maximum absolute atomic E-state index is 13.5. The number of amides is 1. The van der Waals surface area contributed by atoms with Crippen molar-refractivity contribution in [1.82, 2.24) is 24.4 Å². The molecule has 0 aliphatic carbocycles. The molecule has 0 spiro atoms. The Hall–Kier alpha value is -3.81. The molecule has 0 bridgehead atoms. The van der Waals surface area contributed by atoms with Crippen LogP contribution in [0.15, 0.2) is 61.1 Å². The van der Waals surface area contributed by atoms with Crippen LogP contribution in [0.25, 0.3) is 28.1 Å². The third-order valence-corrected chi connectivity index (χ3v) is 5.81. The summed E-state index contributed by atoms with van der Waals surface area (Å²) in [5.41, 5.74) is 3.31. The molecule has 0 N–H and O–H groups in total. The number of hydrogen-bond acceptors (Lipinski definition) is 5. The standard InChI is InChI=1S/C24H23FN6O/c1-17(32)29-11-2-12-30(14-13-29)23-8-3-18(15-27-23)24-28-21-9-10-26-16-22(21)31(24)20-6-4-19(25)5-7-20/h3-10,15-16H,2,11-14H2,1H3. The quantitative estimate of drug-likeness (QED) is 0.496. The van der Waals surface area contributed by atoms with E-state index in [1.54, 1.807) is 31.5 Å². The minimum absolute atomic E-state index is 0.115. The second-order valence-corrected chi connectivity index (χ2v) is 7.86. The van der Waals surface area contributed by atoms with E-state index in [2.05, 4.69) is 9.88 Å². The molecule has 5 rings (SSSR count). The molecule has 0 unspecified atom stereocenters. The predicted molar refractivity (Wildman–Crippen MR) is 121 cm³/mol. The largest absolute Gasteiger partial charge is 0.355 e. The number of fused-ring (bicyclic) bond motifs is 1. The molecule has 8 heteroatoms. The van der Waals surface area contributed by atoms with E-state index >= 15 is 0 Å². The summed E-state index contributed by atoms with van der Waals surface area (Å²) in [7, 11) is 0. The lowest BCUT2D eigenvalue weighted by Gasteiger charge is -2.22. The first-order chi connectivity index (χ1) is 15.6. The third-order valence-electron chi connectivity index (χ3n) is 5.81. The topological polar surface area (TPSA) is 67.2 Å². The smallest absolute Gasteiger partial charge is 0.219 e. The summed E-state index contributed by atoms with van der Waals surface area (Å²) >= 11 is 0. The minimum Gasteiger partial charge on any atom is -0.355 e. The first kappa shape index (κ1) is 20.1. The van der Waals surface area contributed by atoms with Gasteiger partial charge in [0, 0.05) is 56.7 Å². The minimum atomic E-state index is -0.287. The van der Waals surface area contributed by atoms with Crippen molar-refractivity contribution in [2.75, 3.05) is 31.1 Å². The van der Waals surface area contributed by atoms with Crippen LogP contribution < -0.4 is 4.90 Å². The van der Waals surface area contributed by atoms with Gasteiger partial charge < -0.3 is 9.80 Å². The summed E-state index contributed by atoms with van der Waals surface area (Å²) in [5.74, 6) is 1.43. The summed E-state index contributed by atoms with van der Waals surface area (Å²) in [6.45, 7) is 4.71. The maximum atomic E-state index is 13.5. The fourth-order valence-electron chi connectivity index (χ4n) is 4.14. The Kier molecular flexibility index (Phi) is 5.26. The molecule has 1 saturated heterocycles. The van der Waals surface area contributed by atoms with Gasteiger partial charge in [-0.15, -0.1) is 0 Å². The number of rotatable bonds is 3. The van der Waals surface area contributed by atoms with Gasteiger partial charge in [-0.1, -0.05) is 0 Å². The first-order valence-corrected chi connectivity index (χ1v) is 10.7. The van der Waals surface area contributed by atoms with E-state index in [4.69, 9.17) is 9.97 Å². The van der Waals surface area contributed by atoms with E-state index in [0.717, 1.165) is 60.0 Å². The van der Waals surface area contributed by atoms with Crippen molar-refractivity contribution in [3.63, 3.8) is 0 Å². The number of imidazole rings is 1. The number of hydrogen-bond donors (Lipinski definition) is 0. The molecule has 3 aromatic heterocycles. The van der Waals surface area contributed by atoms with Gasteiger partial charge in [0.15, 0.2) is 0 Å². The molecule has 0 radical (unpaired) electrons. The molecule has 1 aliphatic heterocycles. The zero-order valence-electron chi connectivity index (χ0n) is 17.8. The molecular formula is C24H23FN6O. The highest BCUT2D eigenvalue weighted by Crippen LogP contribution is 2.29. The number of nitrogens with zero attached hydrogens (tertiary/aromatic N) is 6. The Morgan fingerprint density at radius 3 is 2.56 bits per heavy atom. The maximum Gasteiger partial charge on any atom is 0.219 e. The van der Waals surface area contributed by atoms with Gasteiger partial charge in [0.25, 0.3) is 0 Å². The zero-order chi connectivity index (χ0) is 22.1. The van der Waals surface area contributed by atoms with Gasteiger partial charge in [-0.25, -0.2) is 14.4 Å². The SMILES string of the molecule is CC(=O)N1CCCN(c2ccc(-c3nc4ccncc4n3-c3ccc(F)cc3)cn2)CC1. The van der Waals surface area contributed by atoms with Gasteiger partial charge in [-0.05, 0) is 48.9 Å². The fourth-order valence-corrected chi connectivity index (χ4v) is 4.14. The average molecular weight is 430 g/mol. The van der Waals surface area contributed by atoms with E-state index < -0.39 is 0 Å². The number of halogens is 1. The van der Waals surface area contributed by atoms with E-state index in [1.165, 1.54) is 12.1 Å². The number of carbonyl (C=O) groups excluding carboxylic acids is 1. The van der Waals surface area contributed by atoms with E-state index in [-0.39, 0.29) is 11.7 Å². The molecule has 1 amide bonds.